The molecule has 1 fully saturated rings. The van der Waals surface area contributed by atoms with Crippen molar-refractivity contribution in [3.63, 3.8) is 0 Å². The van der Waals surface area contributed by atoms with Crippen LogP contribution in [0.5, 0.6) is 5.75 Å². The van der Waals surface area contributed by atoms with Crippen molar-refractivity contribution in [1.82, 2.24) is 15.1 Å². The van der Waals surface area contributed by atoms with Crippen LogP contribution in [0.15, 0.2) is 30.5 Å². The molecule has 0 radical (unpaired) electrons. The summed E-state index contributed by atoms with van der Waals surface area (Å²) in [6, 6.07) is 5.60. The summed E-state index contributed by atoms with van der Waals surface area (Å²) in [5.41, 5.74) is 7.35. The Balaban J connectivity index is 1.53. The summed E-state index contributed by atoms with van der Waals surface area (Å²) < 4.78 is 18.2. The third-order valence-corrected chi connectivity index (χ3v) is 3.82. The second-order valence-corrected chi connectivity index (χ2v) is 5.31. The number of amides is 1. The SMILES string of the molecule is Nc1cn[nH]c1C1CCN(C(=O)COc2ccc(F)cc2)C1. The van der Waals surface area contributed by atoms with Gasteiger partial charge in [-0.1, -0.05) is 0 Å². The lowest BCUT2D eigenvalue weighted by atomic mass is 10.0. The fourth-order valence-electron chi connectivity index (χ4n) is 2.62. The first kappa shape index (κ1) is 14.4. The number of carbonyl (C=O) groups excluding carboxylic acids is 1. The maximum Gasteiger partial charge on any atom is 0.260 e. The molecule has 0 bridgehead atoms. The van der Waals surface area contributed by atoms with Gasteiger partial charge in [-0.05, 0) is 30.7 Å². The molecule has 1 saturated heterocycles. The number of carbonyl (C=O) groups is 1. The number of anilines is 1. The van der Waals surface area contributed by atoms with Gasteiger partial charge >= 0.3 is 0 Å². The number of ether oxygens (including phenoxy) is 1. The lowest BCUT2D eigenvalue weighted by molar-refractivity contribution is -0.132. The molecule has 3 N–H and O–H groups in total. The number of nitrogens with zero attached hydrogens (tertiary/aromatic N) is 2. The van der Waals surface area contributed by atoms with Gasteiger partial charge in [-0.25, -0.2) is 4.39 Å². The Morgan fingerprint density at radius 3 is 2.91 bits per heavy atom. The lowest BCUT2D eigenvalue weighted by Crippen LogP contribution is -2.32. The van der Waals surface area contributed by atoms with Gasteiger partial charge in [0.05, 0.1) is 17.6 Å². The van der Waals surface area contributed by atoms with Gasteiger partial charge in [-0.2, -0.15) is 5.10 Å². The van der Waals surface area contributed by atoms with Crippen molar-refractivity contribution in [3.05, 3.63) is 42.0 Å². The van der Waals surface area contributed by atoms with Crippen LogP contribution in [0.1, 0.15) is 18.0 Å². The van der Waals surface area contributed by atoms with E-state index in [2.05, 4.69) is 10.2 Å². The molecule has 2 aromatic rings. The fraction of sp³-hybridized carbons (Fsp3) is 0.333. The standard InChI is InChI=1S/C15H17FN4O2/c16-11-1-3-12(4-2-11)22-9-14(21)20-6-5-10(8-20)15-13(17)7-18-19-15/h1-4,7,10H,5-6,8-9,17H2,(H,18,19). The fourth-order valence-corrected chi connectivity index (χ4v) is 2.62. The van der Waals surface area contributed by atoms with E-state index in [4.69, 9.17) is 10.5 Å². The van der Waals surface area contributed by atoms with Gasteiger partial charge < -0.3 is 15.4 Å². The van der Waals surface area contributed by atoms with Gasteiger partial charge in [0.1, 0.15) is 11.6 Å². The molecular weight excluding hydrogens is 287 g/mol. The first-order valence-corrected chi connectivity index (χ1v) is 7.08. The van der Waals surface area contributed by atoms with Crippen LogP contribution in [0.3, 0.4) is 0 Å². The quantitative estimate of drug-likeness (QED) is 0.897. The topological polar surface area (TPSA) is 84.2 Å². The summed E-state index contributed by atoms with van der Waals surface area (Å²) in [4.78, 5) is 13.9. The van der Waals surface area contributed by atoms with Gasteiger partial charge in [0, 0.05) is 19.0 Å². The molecule has 0 spiro atoms. The number of nitrogens with two attached hydrogens (primary N) is 1. The zero-order chi connectivity index (χ0) is 15.5. The number of rotatable bonds is 4. The predicted octanol–water partition coefficient (Wildman–Crippen LogP) is 1.53. The van der Waals surface area contributed by atoms with Crippen molar-refractivity contribution in [2.75, 3.05) is 25.4 Å². The van der Waals surface area contributed by atoms with Crippen molar-refractivity contribution < 1.29 is 13.9 Å². The van der Waals surface area contributed by atoms with Gasteiger partial charge in [-0.15, -0.1) is 0 Å². The van der Waals surface area contributed by atoms with Crippen molar-refractivity contribution in [2.45, 2.75) is 12.3 Å². The number of likely N-dealkylation sites (tertiary alicyclic amines) is 1. The molecule has 1 aliphatic heterocycles. The van der Waals surface area contributed by atoms with Crippen molar-refractivity contribution in [3.8, 4) is 5.75 Å². The van der Waals surface area contributed by atoms with E-state index in [1.165, 1.54) is 24.3 Å². The Hall–Kier alpha value is -2.57. The van der Waals surface area contributed by atoms with Gasteiger partial charge in [0.25, 0.3) is 5.91 Å². The smallest absolute Gasteiger partial charge is 0.260 e. The molecule has 0 aliphatic carbocycles. The second kappa shape index (κ2) is 6.05. The molecule has 1 amide bonds. The number of hydrogen-bond acceptors (Lipinski definition) is 4. The molecule has 0 saturated carbocycles. The summed E-state index contributed by atoms with van der Waals surface area (Å²) in [6.07, 6.45) is 2.42. The summed E-state index contributed by atoms with van der Waals surface area (Å²) in [5, 5.41) is 6.80. The van der Waals surface area contributed by atoms with E-state index in [0.717, 1.165) is 12.1 Å². The minimum atomic E-state index is -0.335. The number of nitrogens with one attached hydrogen (secondary N) is 1. The first-order chi connectivity index (χ1) is 10.6. The normalized spacial score (nSPS) is 17.7. The Morgan fingerprint density at radius 2 is 2.23 bits per heavy atom. The van der Waals surface area contributed by atoms with Crippen LogP contribution in [0.2, 0.25) is 0 Å². The Kier molecular flexibility index (Phi) is 3.95. The third-order valence-electron chi connectivity index (χ3n) is 3.82. The molecule has 1 aliphatic rings. The number of benzene rings is 1. The van der Waals surface area contributed by atoms with Crippen LogP contribution in [0.25, 0.3) is 0 Å². The van der Waals surface area contributed by atoms with Gasteiger partial charge in [0.15, 0.2) is 6.61 Å². The number of hydrogen-bond donors (Lipinski definition) is 2. The monoisotopic (exact) mass is 304 g/mol. The lowest BCUT2D eigenvalue weighted by Gasteiger charge is -2.16. The average molecular weight is 304 g/mol. The van der Waals surface area contributed by atoms with Gasteiger partial charge in [0.2, 0.25) is 0 Å². The van der Waals surface area contributed by atoms with E-state index in [0.29, 0.717) is 24.5 Å². The van der Waals surface area contributed by atoms with Crippen molar-refractivity contribution >= 4 is 11.6 Å². The van der Waals surface area contributed by atoms with E-state index in [1.807, 2.05) is 0 Å². The molecule has 1 atom stereocenters. The van der Waals surface area contributed by atoms with Crippen molar-refractivity contribution in [1.29, 1.82) is 0 Å². The van der Waals surface area contributed by atoms with Crippen molar-refractivity contribution in [2.24, 2.45) is 0 Å². The summed E-state index contributed by atoms with van der Waals surface area (Å²) in [5.74, 6) is 0.226. The van der Waals surface area contributed by atoms with Crippen LogP contribution in [-0.2, 0) is 4.79 Å². The van der Waals surface area contributed by atoms with Crippen LogP contribution in [0.4, 0.5) is 10.1 Å². The van der Waals surface area contributed by atoms with Crippen LogP contribution >= 0.6 is 0 Å². The maximum atomic E-state index is 12.8. The highest BCUT2D eigenvalue weighted by atomic mass is 19.1. The number of aromatic nitrogens is 2. The molecular formula is C15H17FN4O2. The van der Waals surface area contributed by atoms with Crippen LogP contribution < -0.4 is 10.5 Å². The number of H-pyrrole nitrogens is 1. The van der Waals surface area contributed by atoms with E-state index in [-0.39, 0.29) is 24.2 Å². The second-order valence-electron chi connectivity index (χ2n) is 5.31. The third kappa shape index (κ3) is 3.03. The Labute approximate surface area is 127 Å². The minimum Gasteiger partial charge on any atom is -0.484 e. The Bertz CT molecular complexity index is 656. The molecule has 1 aromatic heterocycles. The zero-order valence-electron chi connectivity index (χ0n) is 12.0. The maximum absolute atomic E-state index is 12.8. The predicted molar refractivity (Wildman–Crippen MR) is 78.8 cm³/mol. The van der Waals surface area contributed by atoms with E-state index in [9.17, 15) is 9.18 Å². The summed E-state index contributed by atoms with van der Waals surface area (Å²) in [7, 11) is 0. The Morgan fingerprint density at radius 1 is 1.45 bits per heavy atom. The van der Waals surface area contributed by atoms with Crippen LogP contribution in [0, 0.1) is 5.82 Å². The zero-order valence-corrected chi connectivity index (χ0v) is 12.0. The largest absolute Gasteiger partial charge is 0.484 e. The molecule has 1 aromatic carbocycles. The number of aromatic amines is 1. The minimum absolute atomic E-state index is 0.0587. The van der Waals surface area contributed by atoms with Crippen LogP contribution in [-0.4, -0.2) is 40.7 Å². The first-order valence-electron chi connectivity index (χ1n) is 7.08. The molecule has 3 rings (SSSR count). The molecule has 7 heteroatoms. The van der Waals surface area contributed by atoms with E-state index in [1.54, 1.807) is 11.1 Å². The molecule has 6 nitrogen and oxygen atoms in total. The van der Waals surface area contributed by atoms with E-state index < -0.39 is 0 Å². The summed E-state index contributed by atoms with van der Waals surface area (Å²) in [6.45, 7) is 1.20. The molecule has 22 heavy (non-hydrogen) atoms. The average Bonchev–Trinajstić information content (AvgIpc) is 3.15. The van der Waals surface area contributed by atoms with Gasteiger partial charge in [-0.3, -0.25) is 9.89 Å². The molecule has 1 unspecified atom stereocenters. The molecule has 116 valence electrons. The highest BCUT2D eigenvalue weighted by Gasteiger charge is 2.29. The molecule has 2 heterocycles. The number of nitrogen functional groups attached to an aromatic ring is 1. The number of halogens is 1. The summed E-state index contributed by atoms with van der Waals surface area (Å²) >= 11 is 0. The highest BCUT2D eigenvalue weighted by Crippen LogP contribution is 2.29. The highest BCUT2D eigenvalue weighted by molar-refractivity contribution is 5.78. The van der Waals surface area contributed by atoms with E-state index >= 15 is 0 Å².